The van der Waals surface area contributed by atoms with Gasteiger partial charge in [-0.3, -0.25) is 9.59 Å². The van der Waals surface area contributed by atoms with Gasteiger partial charge in [0, 0.05) is 11.8 Å². The number of allylic oxidation sites excluding steroid dienone is 2. The van der Waals surface area contributed by atoms with Crippen LogP contribution in [-0.2, 0) is 6.42 Å². The first kappa shape index (κ1) is 13.3. The van der Waals surface area contributed by atoms with Crippen molar-refractivity contribution < 1.29 is 14.0 Å². The predicted molar refractivity (Wildman–Crippen MR) is 73.5 cm³/mol. The van der Waals surface area contributed by atoms with Gasteiger partial charge in [-0.05, 0) is 36.6 Å². The molecule has 1 aliphatic rings. The molecule has 0 spiro atoms. The lowest BCUT2D eigenvalue weighted by Gasteiger charge is -2.13. The van der Waals surface area contributed by atoms with E-state index < -0.39 is 0 Å². The van der Waals surface area contributed by atoms with Crippen LogP contribution in [0.5, 0.6) is 0 Å². The van der Waals surface area contributed by atoms with Gasteiger partial charge in [0.1, 0.15) is 17.8 Å². The van der Waals surface area contributed by atoms with Crippen LogP contribution in [0.25, 0.3) is 0 Å². The van der Waals surface area contributed by atoms with E-state index in [-0.39, 0.29) is 28.6 Å². The van der Waals surface area contributed by atoms with E-state index in [1.165, 1.54) is 30.7 Å². The average Bonchev–Trinajstić information content (AvgIpc) is 2.51. The van der Waals surface area contributed by atoms with E-state index in [2.05, 4.69) is 9.97 Å². The number of hydrogen-bond donors (Lipinski definition) is 0. The quantitative estimate of drug-likeness (QED) is 0.868. The van der Waals surface area contributed by atoms with Crippen LogP contribution in [0.2, 0.25) is 0 Å². The Morgan fingerprint density at radius 1 is 1.05 bits per heavy atom. The van der Waals surface area contributed by atoms with Gasteiger partial charge in [0.05, 0.1) is 5.56 Å². The van der Waals surface area contributed by atoms with Crippen LogP contribution in [-0.4, -0.2) is 21.5 Å². The molecule has 5 heteroatoms. The molecular formula is C16H11FN2O2. The smallest absolute Gasteiger partial charge is 0.205 e. The highest BCUT2D eigenvalue weighted by Crippen LogP contribution is 2.22. The monoisotopic (exact) mass is 282 g/mol. The van der Waals surface area contributed by atoms with Gasteiger partial charge in [0.2, 0.25) is 5.78 Å². The molecule has 0 bridgehead atoms. The summed E-state index contributed by atoms with van der Waals surface area (Å²) in [7, 11) is 0. The number of aromatic nitrogens is 2. The van der Waals surface area contributed by atoms with Gasteiger partial charge in [0.25, 0.3) is 0 Å². The maximum atomic E-state index is 12.8. The number of ketones is 2. The maximum Gasteiger partial charge on any atom is 0.205 e. The van der Waals surface area contributed by atoms with E-state index in [4.69, 9.17) is 0 Å². The van der Waals surface area contributed by atoms with E-state index in [0.717, 1.165) is 5.56 Å². The van der Waals surface area contributed by atoms with E-state index in [9.17, 15) is 14.0 Å². The number of carbonyl (C=O) groups is 2. The summed E-state index contributed by atoms with van der Waals surface area (Å²) in [6, 6.07) is 6.09. The van der Waals surface area contributed by atoms with E-state index in [1.54, 1.807) is 12.1 Å². The third kappa shape index (κ3) is 2.63. The molecule has 104 valence electrons. The lowest BCUT2D eigenvalue weighted by atomic mass is 9.90. The number of nitrogens with zero attached hydrogens (tertiary/aromatic N) is 2. The zero-order chi connectivity index (χ0) is 14.8. The largest absolute Gasteiger partial charge is 0.289 e. The van der Waals surface area contributed by atoms with Crippen molar-refractivity contribution in [3.05, 3.63) is 71.1 Å². The van der Waals surface area contributed by atoms with Crippen LogP contribution < -0.4 is 0 Å². The number of Topliss-reactive ketones (excluding diaryl/α,β-unsaturated/α-hetero) is 1. The summed E-state index contributed by atoms with van der Waals surface area (Å²) in [4.78, 5) is 31.8. The zero-order valence-electron chi connectivity index (χ0n) is 11.0. The fourth-order valence-electron chi connectivity index (χ4n) is 2.27. The summed E-state index contributed by atoms with van der Waals surface area (Å²) in [6.45, 7) is 0. The molecule has 1 aliphatic carbocycles. The minimum Gasteiger partial charge on any atom is -0.289 e. The summed E-state index contributed by atoms with van der Waals surface area (Å²) >= 11 is 0. The van der Waals surface area contributed by atoms with Crippen LogP contribution in [0.3, 0.4) is 0 Å². The summed E-state index contributed by atoms with van der Waals surface area (Å²) < 4.78 is 12.8. The van der Waals surface area contributed by atoms with Gasteiger partial charge in [-0.2, -0.15) is 0 Å². The Morgan fingerprint density at radius 2 is 1.81 bits per heavy atom. The van der Waals surface area contributed by atoms with Crippen molar-refractivity contribution >= 4 is 11.6 Å². The second-order valence-corrected chi connectivity index (χ2v) is 4.77. The molecule has 2 aromatic rings. The first-order chi connectivity index (χ1) is 10.1. The Balaban J connectivity index is 1.79. The number of hydrogen-bond acceptors (Lipinski definition) is 4. The number of fused-ring (bicyclic) bond motifs is 1. The molecule has 1 aromatic carbocycles. The Labute approximate surface area is 120 Å². The first-order valence-electron chi connectivity index (χ1n) is 6.49. The fourth-order valence-corrected chi connectivity index (χ4v) is 2.27. The van der Waals surface area contributed by atoms with Crippen LogP contribution in [0.1, 0.15) is 32.8 Å². The van der Waals surface area contributed by atoms with Crippen molar-refractivity contribution in [1.82, 2.24) is 9.97 Å². The predicted octanol–water partition coefficient (Wildman–Crippen LogP) is 2.55. The topological polar surface area (TPSA) is 59.9 Å². The second-order valence-electron chi connectivity index (χ2n) is 4.77. The molecule has 0 N–H and O–H groups in total. The van der Waals surface area contributed by atoms with Gasteiger partial charge < -0.3 is 0 Å². The zero-order valence-corrected chi connectivity index (χ0v) is 11.0. The molecule has 0 unspecified atom stereocenters. The van der Waals surface area contributed by atoms with Gasteiger partial charge in [-0.1, -0.05) is 12.1 Å². The molecule has 0 fully saturated rings. The molecule has 0 saturated carbocycles. The number of benzene rings is 1. The van der Waals surface area contributed by atoms with Crippen molar-refractivity contribution in [2.75, 3.05) is 0 Å². The summed E-state index contributed by atoms with van der Waals surface area (Å²) in [5.41, 5.74) is 1.75. The molecule has 1 heterocycles. The number of carbonyl (C=O) groups excluding carboxylic acids is 2. The van der Waals surface area contributed by atoms with E-state index in [0.29, 0.717) is 18.4 Å². The number of rotatable bonds is 3. The van der Waals surface area contributed by atoms with E-state index in [1.807, 2.05) is 0 Å². The highest BCUT2D eigenvalue weighted by Gasteiger charge is 2.26. The molecule has 21 heavy (non-hydrogen) atoms. The minimum absolute atomic E-state index is 0.153. The normalized spacial score (nSPS) is 13.9. The molecule has 0 aliphatic heterocycles. The molecule has 0 saturated heterocycles. The molecule has 1 aromatic heterocycles. The van der Waals surface area contributed by atoms with Crippen molar-refractivity contribution in [3.8, 4) is 0 Å². The van der Waals surface area contributed by atoms with Crippen molar-refractivity contribution in [2.45, 2.75) is 12.8 Å². The first-order valence-corrected chi connectivity index (χ1v) is 6.49. The molecule has 0 amide bonds. The van der Waals surface area contributed by atoms with Gasteiger partial charge in [-0.15, -0.1) is 0 Å². The van der Waals surface area contributed by atoms with Crippen LogP contribution in [0, 0.1) is 5.82 Å². The molecule has 0 radical (unpaired) electrons. The van der Waals surface area contributed by atoms with Crippen LogP contribution in [0.15, 0.2) is 48.4 Å². The van der Waals surface area contributed by atoms with Crippen molar-refractivity contribution in [3.63, 3.8) is 0 Å². The van der Waals surface area contributed by atoms with Crippen LogP contribution in [0.4, 0.5) is 4.39 Å². The van der Waals surface area contributed by atoms with Gasteiger partial charge >= 0.3 is 0 Å². The molecule has 0 atom stereocenters. The summed E-state index contributed by atoms with van der Waals surface area (Å²) in [5, 5.41) is 0. The average molecular weight is 282 g/mol. The standard InChI is InChI=1S/C16H11FN2O2/c17-12-5-2-10(3-6-12)1-4-11-7-14(20)15-13(16(11)21)8-18-9-19-15/h2-3,5-9H,1,4H2. The maximum absolute atomic E-state index is 12.8. The highest BCUT2D eigenvalue weighted by atomic mass is 19.1. The molecule has 3 rings (SSSR count). The third-order valence-corrected chi connectivity index (χ3v) is 3.38. The minimum atomic E-state index is -0.298. The Bertz CT molecular complexity index is 751. The molecular weight excluding hydrogens is 271 g/mol. The lowest BCUT2D eigenvalue weighted by Crippen LogP contribution is -2.19. The summed E-state index contributed by atoms with van der Waals surface area (Å²) in [6.07, 6.45) is 4.94. The Morgan fingerprint density at radius 3 is 2.57 bits per heavy atom. The second kappa shape index (κ2) is 5.36. The summed E-state index contributed by atoms with van der Waals surface area (Å²) in [5.74, 6) is -0.790. The van der Waals surface area contributed by atoms with Gasteiger partial charge in [0.15, 0.2) is 5.78 Å². The third-order valence-electron chi connectivity index (χ3n) is 3.38. The van der Waals surface area contributed by atoms with Gasteiger partial charge in [-0.25, -0.2) is 14.4 Å². The fraction of sp³-hybridized carbons (Fsp3) is 0.125. The number of aryl methyl sites for hydroxylation is 1. The Kier molecular flexibility index (Phi) is 3.39. The lowest BCUT2D eigenvalue weighted by molar-refractivity contribution is 0.0977. The van der Waals surface area contributed by atoms with Crippen molar-refractivity contribution in [2.24, 2.45) is 0 Å². The van der Waals surface area contributed by atoms with Crippen molar-refractivity contribution in [1.29, 1.82) is 0 Å². The highest BCUT2D eigenvalue weighted by molar-refractivity contribution is 6.23. The SMILES string of the molecule is O=C1C(CCc2ccc(F)cc2)=CC(=O)c2ncncc21. The van der Waals surface area contributed by atoms with Crippen LogP contribution >= 0.6 is 0 Å². The van der Waals surface area contributed by atoms with E-state index >= 15 is 0 Å². The number of halogens is 1. The molecule has 4 nitrogen and oxygen atoms in total. The Hall–Kier alpha value is -2.69.